The van der Waals surface area contributed by atoms with Crippen LogP contribution in [-0.4, -0.2) is 50.1 Å². The number of nitrogens with zero attached hydrogens (tertiary/aromatic N) is 1. The number of hydrogen-bond acceptors (Lipinski definition) is 4. The lowest BCUT2D eigenvalue weighted by atomic mass is 10.1. The fourth-order valence-electron chi connectivity index (χ4n) is 2.47. The molecule has 3 atom stereocenters. The van der Waals surface area contributed by atoms with Crippen molar-refractivity contribution in [1.82, 2.24) is 4.90 Å². The Kier molecular flexibility index (Phi) is 3.97. The van der Waals surface area contributed by atoms with E-state index in [2.05, 4.69) is 11.9 Å². The van der Waals surface area contributed by atoms with Gasteiger partial charge in [0.2, 0.25) is 0 Å². The normalized spacial score (nSPS) is 37.6. The van der Waals surface area contributed by atoms with Gasteiger partial charge in [-0.25, -0.2) is 0 Å². The van der Waals surface area contributed by atoms with E-state index in [9.17, 15) is 0 Å². The zero-order valence-corrected chi connectivity index (χ0v) is 9.52. The Morgan fingerprint density at radius 3 is 3.00 bits per heavy atom. The Morgan fingerprint density at radius 1 is 1.47 bits per heavy atom. The van der Waals surface area contributed by atoms with Crippen LogP contribution in [-0.2, 0) is 9.47 Å². The van der Waals surface area contributed by atoms with Crippen molar-refractivity contribution in [2.45, 2.75) is 44.1 Å². The van der Waals surface area contributed by atoms with E-state index < -0.39 is 0 Å². The average molecular weight is 214 g/mol. The summed E-state index contributed by atoms with van der Waals surface area (Å²) in [6.07, 6.45) is 4.74. The first-order valence-corrected chi connectivity index (χ1v) is 5.97. The van der Waals surface area contributed by atoms with Gasteiger partial charge in [-0.15, -0.1) is 0 Å². The van der Waals surface area contributed by atoms with Crippen LogP contribution in [0.25, 0.3) is 0 Å². The molecule has 0 aliphatic carbocycles. The Hall–Kier alpha value is -0.160. The van der Waals surface area contributed by atoms with Gasteiger partial charge in [0.25, 0.3) is 0 Å². The second-order valence-corrected chi connectivity index (χ2v) is 4.61. The van der Waals surface area contributed by atoms with Crippen LogP contribution in [0.4, 0.5) is 0 Å². The van der Waals surface area contributed by atoms with Crippen LogP contribution >= 0.6 is 0 Å². The third-order valence-electron chi connectivity index (χ3n) is 3.44. The molecule has 4 heteroatoms. The summed E-state index contributed by atoms with van der Waals surface area (Å²) in [6.45, 7) is 2.62. The summed E-state index contributed by atoms with van der Waals surface area (Å²) in [5.74, 6) is 0. The summed E-state index contributed by atoms with van der Waals surface area (Å²) in [6, 6.07) is 0.645. The summed E-state index contributed by atoms with van der Waals surface area (Å²) in [5.41, 5.74) is 5.50. The van der Waals surface area contributed by atoms with Crippen LogP contribution in [0.5, 0.6) is 0 Å². The molecule has 0 saturated carbocycles. The molecule has 0 bridgehead atoms. The maximum Gasteiger partial charge on any atom is 0.159 e. The predicted octanol–water partition coefficient (Wildman–Crippen LogP) is 0.561. The fourth-order valence-corrected chi connectivity index (χ4v) is 2.47. The smallest absolute Gasteiger partial charge is 0.159 e. The van der Waals surface area contributed by atoms with Gasteiger partial charge in [-0.05, 0) is 39.4 Å². The van der Waals surface area contributed by atoms with E-state index in [4.69, 9.17) is 15.2 Å². The van der Waals surface area contributed by atoms with Crippen LogP contribution in [0.15, 0.2) is 0 Å². The van der Waals surface area contributed by atoms with Crippen molar-refractivity contribution in [2.75, 3.05) is 26.7 Å². The molecule has 88 valence electrons. The number of nitrogens with two attached hydrogens (primary N) is 1. The van der Waals surface area contributed by atoms with Gasteiger partial charge in [0.1, 0.15) is 0 Å². The molecule has 0 aromatic carbocycles. The van der Waals surface area contributed by atoms with Gasteiger partial charge in [-0.3, -0.25) is 0 Å². The Morgan fingerprint density at radius 2 is 2.33 bits per heavy atom. The van der Waals surface area contributed by atoms with Crippen LogP contribution in [0.2, 0.25) is 0 Å². The molecule has 2 aliphatic heterocycles. The van der Waals surface area contributed by atoms with Crippen molar-refractivity contribution in [1.29, 1.82) is 0 Å². The number of hydrogen-bond donors (Lipinski definition) is 1. The number of ether oxygens (including phenoxy) is 2. The molecule has 2 rings (SSSR count). The van der Waals surface area contributed by atoms with Crippen molar-refractivity contribution in [3.05, 3.63) is 0 Å². The van der Waals surface area contributed by atoms with E-state index in [0.717, 1.165) is 19.4 Å². The summed E-state index contributed by atoms with van der Waals surface area (Å²) in [4.78, 5) is 2.41. The molecule has 2 heterocycles. The number of rotatable bonds is 4. The first kappa shape index (κ1) is 11.3. The van der Waals surface area contributed by atoms with Crippen LogP contribution < -0.4 is 5.73 Å². The average Bonchev–Trinajstić information content (AvgIpc) is 2.79. The lowest BCUT2D eigenvalue weighted by Gasteiger charge is -2.22. The summed E-state index contributed by atoms with van der Waals surface area (Å²) < 4.78 is 11.4. The molecule has 2 N–H and O–H groups in total. The molecular formula is C11H22N2O2. The van der Waals surface area contributed by atoms with Crippen molar-refractivity contribution >= 4 is 0 Å². The summed E-state index contributed by atoms with van der Waals surface area (Å²) in [5, 5.41) is 0. The monoisotopic (exact) mass is 214 g/mol. The molecule has 2 saturated heterocycles. The SMILES string of the molecule is CN1CCCC1CC1OCC(CCN)O1. The maximum atomic E-state index is 5.78. The molecule has 3 unspecified atom stereocenters. The molecule has 0 amide bonds. The minimum Gasteiger partial charge on any atom is -0.350 e. The Labute approximate surface area is 91.7 Å². The first-order valence-electron chi connectivity index (χ1n) is 5.97. The predicted molar refractivity (Wildman–Crippen MR) is 58.6 cm³/mol. The van der Waals surface area contributed by atoms with Crippen LogP contribution in [0, 0.1) is 0 Å². The Balaban J connectivity index is 1.72. The standard InChI is InChI=1S/C11H22N2O2/c1-13-6-2-3-9(13)7-11-14-8-10(15-11)4-5-12/h9-11H,2-8,12H2,1H3. The maximum absolute atomic E-state index is 5.78. The van der Waals surface area contributed by atoms with Crippen molar-refractivity contribution in [3.8, 4) is 0 Å². The lowest BCUT2D eigenvalue weighted by Crippen LogP contribution is -2.29. The topological polar surface area (TPSA) is 47.7 Å². The van der Waals surface area contributed by atoms with Crippen LogP contribution in [0.3, 0.4) is 0 Å². The quantitative estimate of drug-likeness (QED) is 0.743. The fraction of sp³-hybridized carbons (Fsp3) is 1.00. The highest BCUT2D eigenvalue weighted by Crippen LogP contribution is 2.24. The van der Waals surface area contributed by atoms with E-state index in [1.54, 1.807) is 0 Å². The van der Waals surface area contributed by atoms with Crippen LogP contribution in [0.1, 0.15) is 25.7 Å². The molecule has 15 heavy (non-hydrogen) atoms. The minimum absolute atomic E-state index is 0.00657. The van der Waals surface area contributed by atoms with Gasteiger partial charge >= 0.3 is 0 Å². The molecule has 0 aromatic heterocycles. The summed E-state index contributed by atoms with van der Waals surface area (Å²) >= 11 is 0. The summed E-state index contributed by atoms with van der Waals surface area (Å²) in [7, 11) is 2.18. The molecule has 2 fully saturated rings. The van der Waals surface area contributed by atoms with Gasteiger partial charge in [0.15, 0.2) is 6.29 Å². The van der Waals surface area contributed by atoms with Gasteiger partial charge in [0.05, 0.1) is 12.7 Å². The highest BCUT2D eigenvalue weighted by Gasteiger charge is 2.30. The van der Waals surface area contributed by atoms with E-state index >= 15 is 0 Å². The first-order chi connectivity index (χ1) is 7.29. The van der Waals surface area contributed by atoms with E-state index in [1.165, 1.54) is 19.4 Å². The molecule has 0 aromatic rings. The Bertz CT molecular complexity index is 201. The zero-order valence-electron chi connectivity index (χ0n) is 9.52. The van der Waals surface area contributed by atoms with Gasteiger partial charge in [-0.1, -0.05) is 0 Å². The third kappa shape index (κ3) is 2.91. The second kappa shape index (κ2) is 5.25. The van der Waals surface area contributed by atoms with Crippen molar-refractivity contribution in [2.24, 2.45) is 5.73 Å². The van der Waals surface area contributed by atoms with E-state index in [0.29, 0.717) is 12.6 Å². The van der Waals surface area contributed by atoms with Crippen molar-refractivity contribution in [3.63, 3.8) is 0 Å². The molecule has 0 spiro atoms. The molecular weight excluding hydrogens is 192 g/mol. The molecule has 0 radical (unpaired) electrons. The second-order valence-electron chi connectivity index (χ2n) is 4.61. The van der Waals surface area contributed by atoms with E-state index in [1.807, 2.05) is 0 Å². The number of likely N-dealkylation sites (tertiary alicyclic amines) is 1. The highest BCUT2D eigenvalue weighted by molar-refractivity contribution is 4.79. The van der Waals surface area contributed by atoms with Gasteiger partial charge in [-0.2, -0.15) is 0 Å². The molecule has 4 nitrogen and oxygen atoms in total. The largest absolute Gasteiger partial charge is 0.350 e. The lowest BCUT2D eigenvalue weighted by molar-refractivity contribution is -0.0726. The van der Waals surface area contributed by atoms with Gasteiger partial charge < -0.3 is 20.1 Å². The van der Waals surface area contributed by atoms with Crippen molar-refractivity contribution < 1.29 is 9.47 Å². The zero-order chi connectivity index (χ0) is 10.7. The highest BCUT2D eigenvalue weighted by atomic mass is 16.7. The van der Waals surface area contributed by atoms with E-state index in [-0.39, 0.29) is 12.4 Å². The minimum atomic E-state index is 0.00657. The third-order valence-corrected chi connectivity index (χ3v) is 3.44. The molecule has 2 aliphatic rings. The van der Waals surface area contributed by atoms with Gasteiger partial charge in [0, 0.05) is 12.5 Å².